The minimum Gasteiger partial charge on any atom is -0.327 e. The average molecular weight is 306 g/mol. The van der Waals surface area contributed by atoms with Crippen LogP contribution < -0.4 is 5.73 Å². The van der Waals surface area contributed by atoms with Crippen LogP contribution in [0.15, 0.2) is 26.8 Å². The van der Waals surface area contributed by atoms with E-state index in [2.05, 4.69) is 36.8 Å². The van der Waals surface area contributed by atoms with Crippen LogP contribution >= 0.6 is 31.9 Å². The van der Waals surface area contributed by atoms with Crippen LogP contribution in [0.5, 0.6) is 0 Å². The molecule has 1 rings (SSSR count). The van der Waals surface area contributed by atoms with Gasteiger partial charge in [0.25, 0.3) is 0 Å². The van der Waals surface area contributed by atoms with Gasteiger partial charge in [-0.25, -0.2) is 0 Å². The monoisotopic (exact) mass is 304 g/mol. The van der Waals surface area contributed by atoms with Crippen LogP contribution in [-0.2, 0) is 0 Å². The first-order chi connectivity index (χ1) is 6.13. The molecule has 0 saturated heterocycles. The second-order valence-electron chi connectivity index (χ2n) is 2.72. The van der Waals surface area contributed by atoms with Crippen molar-refractivity contribution in [1.82, 2.24) is 4.98 Å². The zero-order valence-electron chi connectivity index (χ0n) is 7.22. The number of nitrogens with two attached hydrogens (primary N) is 1. The van der Waals surface area contributed by atoms with Crippen LogP contribution in [0, 0.1) is 0 Å². The van der Waals surface area contributed by atoms with E-state index in [0.717, 1.165) is 20.2 Å². The van der Waals surface area contributed by atoms with Gasteiger partial charge in [0.05, 0.1) is 5.69 Å². The lowest BCUT2D eigenvalue weighted by Crippen LogP contribution is -1.99. The number of rotatable bonds is 2. The molecule has 13 heavy (non-hydrogen) atoms. The van der Waals surface area contributed by atoms with Crippen LogP contribution in [-0.4, -0.2) is 11.5 Å². The SMILES string of the molecule is CC(=Cc1ncc(Br)cc1Br)CN. The number of nitrogens with zero attached hydrogens (tertiary/aromatic N) is 1. The third-order valence-electron chi connectivity index (χ3n) is 1.54. The largest absolute Gasteiger partial charge is 0.327 e. The Morgan fingerprint density at radius 2 is 2.31 bits per heavy atom. The summed E-state index contributed by atoms with van der Waals surface area (Å²) in [6.45, 7) is 2.54. The van der Waals surface area contributed by atoms with Crippen LogP contribution in [0.1, 0.15) is 12.6 Å². The smallest absolute Gasteiger partial charge is 0.0772 e. The maximum atomic E-state index is 5.48. The highest BCUT2D eigenvalue weighted by Gasteiger charge is 1.99. The highest BCUT2D eigenvalue weighted by molar-refractivity contribution is 9.11. The Hall–Kier alpha value is -0.190. The van der Waals surface area contributed by atoms with E-state index in [1.165, 1.54) is 0 Å². The first-order valence-electron chi connectivity index (χ1n) is 3.81. The summed E-state index contributed by atoms with van der Waals surface area (Å²) in [5, 5.41) is 0. The quantitative estimate of drug-likeness (QED) is 0.912. The number of hydrogen-bond acceptors (Lipinski definition) is 2. The molecule has 1 aromatic rings. The van der Waals surface area contributed by atoms with E-state index in [4.69, 9.17) is 5.73 Å². The predicted molar refractivity (Wildman–Crippen MR) is 62.3 cm³/mol. The Balaban J connectivity index is 3.03. The fraction of sp³-hybridized carbons (Fsp3) is 0.222. The van der Waals surface area contributed by atoms with Crippen LogP contribution in [0.3, 0.4) is 0 Å². The summed E-state index contributed by atoms with van der Waals surface area (Å²) in [4.78, 5) is 4.24. The van der Waals surface area contributed by atoms with Gasteiger partial charge in [-0.3, -0.25) is 4.98 Å². The standard InChI is InChI=1S/C9H10Br2N2/c1-6(4-12)2-9-8(11)3-7(10)5-13-9/h2-3,5H,4,12H2,1H3. The Morgan fingerprint density at radius 3 is 2.85 bits per heavy atom. The third-order valence-corrected chi connectivity index (χ3v) is 2.61. The van der Waals surface area contributed by atoms with Crippen LogP contribution in [0.4, 0.5) is 0 Å². The summed E-state index contributed by atoms with van der Waals surface area (Å²) in [6, 6.07) is 1.96. The molecule has 0 aliphatic carbocycles. The van der Waals surface area contributed by atoms with Gasteiger partial charge in [-0.15, -0.1) is 0 Å². The van der Waals surface area contributed by atoms with Crippen molar-refractivity contribution in [1.29, 1.82) is 0 Å². The summed E-state index contributed by atoms with van der Waals surface area (Å²) < 4.78 is 1.93. The highest BCUT2D eigenvalue weighted by atomic mass is 79.9. The summed E-state index contributed by atoms with van der Waals surface area (Å²) in [7, 11) is 0. The van der Waals surface area contributed by atoms with Gasteiger partial charge in [0.2, 0.25) is 0 Å². The highest BCUT2D eigenvalue weighted by Crippen LogP contribution is 2.21. The molecule has 0 aliphatic heterocycles. The zero-order valence-corrected chi connectivity index (χ0v) is 10.4. The maximum absolute atomic E-state index is 5.48. The van der Waals surface area contributed by atoms with Gasteiger partial charge in [0.15, 0.2) is 0 Å². The zero-order chi connectivity index (χ0) is 9.84. The number of pyridine rings is 1. The second kappa shape index (κ2) is 4.88. The summed E-state index contributed by atoms with van der Waals surface area (Å²) in [6.07, 6.45) is 3.73. The molecule has 2 nitrogen and oxygen atoms in total. The molecule has 0 fully saturated rings. The fourth-order valence-electron chi connectivity index (χ4n) is 0.824. The van der Waals surface area contributed by atoms with Gasteiger partial charge in [-0.2, -0.15) is 0 Å². The number of aromatic nitrogens is 1. The van der Waals surface area contributed by atoms with E-state index in [0.29, 0.717) is 6.54 Å². The molecule has 0 bridgehead atoms. The Labute approximate surface area is 94.5 Å². The van der Waals surface area contributed by atoms with Crippen molar-refractivity contribution in [3.8, 4) is 0 Å². The van der Waals surface area contributed by atoms with Crippen LogP contribution in [0.2, 0.25) is 0 Å². The molecule has 0 spiro atoms. The van der Waals surface area contributed by atoms with Crippen molar-refractivity contribution in [3.05, 3.63) is 32.5 Å². The summed E-state index contributed by atoms with van der Waals surface area (Å²) in [5.41, 5.74) is 7.49. The van der Waals surface area contributed by atoms with Crippen molar-refractivity contribution >= 4 is 37.9 Å². The lowest BCUT2D eigenvalue weighted by molar-refractivity contribution is 1.14. The first kappa shape index (κ1) is 10.9. The topological polar surface area (TPSA) is 38.9 Å². The van der Waals surface area contributed by atoms with E-state index in [-0.39, 0.29) is 0 Å². The fourth-order valence-corrected chi connectivity index (χ4v) is 1.93. The lowest BCUT2D eigenvalue weighted by atomic mass is 10.2. The minimum atomic E-state index is 0.560. The van der Waals surface area contributed by atoms with Crippen molar-refractivity contribution < 1.29 is 0 Å². The van der Waals surface area contributed by atoms with Gasteiger partial charge in [0.1, 0.15) is 0 Å². The molecule has 1 heterocycles. The molecule has 0 aliphatic rings. The van der Waals surface area contributed by atoms with E-state index in [1.54, 1.807) is 6.20 Å². The molecule has 70 valence electrons. The van der Waals surface area contributed by atoms with E-state index in [1.807, 2.05) is 19.1 Å². The van der Waals surface area contributed by atoms with Gasteiger partial charge < -0.3 is 5.73 Å². The number of halogens is 2. The van der Waals surface area contributed by atoms with E-state index in [9.17, 15) is 0 Å². The molecule has 0 aromatic carbocycles. The van der Waals surface area contributed by atoms with Crippen molar-refractivity contribution in [2.75, 3.05) is 6.54 Å². The number of hydrogen-bond donors (Lipinski definition) is 1. The molecule has 0 unspecified atom stereocenters. The molecule has 1 aromatic heterocycles. The normalized spacial score (nSPS) is 11.8. The molecule has 2 N–H and O–H groups in total. The molecule has 0 amide bonds. The molecule has 0 radical (unpaired) electrons. The maximum Gasteiger partial charge on any atom is 0.0772 e. The Bertz CT molecular complexity index is 334. The second-order valence-corrected chi connectivity index (χ2v) is 4.49. The van der Waals surface area contributed by atoms with Gasteiger partial charge in [-0.05, 0) is 50.9 Å². The minimum absolute atomic E-state index is 0.560. The van der Waals surface area contributed by atoms with E-state index >= 15 is 0 Å². The van der Waals surface area contributed by atoms with E-state index < -0.39 is 0 Å². The van der Waals surface area contributed by atoms with Gasteiger partial charge >= 0.3 is 0 Å². The Morgan fingerprint density at radius 1 is 1.62 bits per heavy atom. The van der Waals surface area contributed by atoms with Crippen molar-refractivity contribution in [2.45, 2.75) is 6.92 Å². The Kier molecular flexibility index (Phi) is 4.09. The molecule has 0 atom stereocenters. The third kappa shape index (κ3) is 3.21. The summed E-state index contributed by atoms with van der Waals surface area (Å²) >= 11 is 6.77. The predicted octanol–water partition coefficient (Wildman–Crippen LogP) is 2.97. The van der Waals surface area contributed by atoms with Crippen molar-refractivity contribution in [2.24, 2.45) is 5.73 Å². The molecular formula is C9H10Br2N2. The van der Waals surface area contributed by atoms with Crippen molar-refractivity contribution in [3.63, 3.8) is 0 Å². The van der Waals surface area contributed by atoms with Gasteiger partial charge in [-0.1, -0.05) is 5.57 Å². The van der Waals surface area contributed by atoms with Gasteiger partial charge in [0, 0.05) is 21.7 Å². The molecule has 4 heteroatoms. The molecular weight excluding hydrogens is 296 g/mol. The first-order valence-corrected chi connectivity index (χ1v) is 5.40. The van der Waals surface area contributed by atoms with Crippen LogP contribution in [0.25, 0.3) is 6.08 Å². The lowest BCUT2D eigenvalue weighted by Gasteiger charge is -2.00. The summed E-state index contributed by atoms with van der Waals surface area (Å²) in [5.74, 6) is 0. The average Bonchev–Trinajstić information content (AvgIpc) is 2.09. The molecule has 0 saturated carbocycles.